The van der Waals surface area contributed by atoms with Crippen molar-refractivity contribution in [2.45, 2.75) is 11.8 Å². The van der Waals surface area contributed by atoms with E-state index < -0.39 is 0 Å². The van der Waals surface area contributed by atoms with E-state index in [0.717, 1.165) is 21.1 Å². The minimum absolute atomic E-state index is 0.0854. The number of alkyl halides is 1. The highest BCUT2D eigenvalue weighted by Crippen LogP contribution is 2.33. The van der Waals surface area contributed by atoms with Crippen molar-refractivity contribution in [1.29, 1.82) is 0 Å². The number of hydrogen-bond acceptors (Lipinski definition) is 1. The lowest BCUT2D eigenvalue weighted by atomic mass is 10.0. The smallest absolute Gasteiger partial charge is 0.306 e. The molecular formula is C15H12Br2N2O. The first-order valence-corrected chi connectivity index (χ1v) is 7.87. The molecule has 1 unspecified atom stereocenters. The van der Waals surface area contributed by atoms with Crippen LogP contribution in [0.4, 0.5) is 0 Å². The number of aryl methyl sites for hydroxylation is 1. The average molecular weight is 396 g/mol. The molecule has 5 heteroatoms. The molecule has 20 heavy (non-hydrogen) atoms. The molecule has 1 atom stereocenters. The summed E-state index contributed by atoms with van der Waals surface area (Å²) in [6.07, 6.45) is 0. The molecule has 3 aromatic rings. The maximum absolute atomic E-state index is 11.3. The Morgan fingerprint density at radius 1 is 1.00 bits per heavy atom. The van der Waals surface area contributed by atoms with Crippen LogP contribution < -0.4 is 5.69 Å². The van der Waals surface area contributed by atoms with Gasteiger partial charge in [0.1, 0.15) is 0 Å². The van der Waals surface area contributed by atoms with Gasteiger partial charge in [0, 0.05) is 4.47 Å². The number of fused-ring (bicyclic) bond motifs is 1. The molecule has 0 radical (unpaired) electrons. The van der Waals surface area contributed by atoms with Crippen molar-refractivity contribution in [2.75, 3.05) is 0 Å². The van der Waals surface area contributed by atoms with Crippen LogP contribution in [0, 0.1) is 6.92 Å². The first-order valence-electron chi connectivity index (χ1n) is 6.16. The van der Waals surface area contributed by atoms with E-state index in [2.05, 4.69) is 67.0 Å². The summed E-state index contributed by atoms with van der Waals surface area (Å²) in [7, 11) is 0. The normalized spacial score (nSPS) is 12.8. The first kappa shape index (κ1) is 13.6. The van der Waals surface area contributed by atoms with E-state index in [0.29, 0.717) is 0 Å². The van der Waals surface area contributed by atoms with Crippen LogP contribution >= 0.6 is 31.9 Å². The molecule has 0 bridgehead atoms. The lowest BCUT2D eigenvalue weighted by molar-refractivity contribution is 1.17. The second-order valence-electron chi connectivity index (χ2n) is 4.76. The summed E-state index contributed by atoms with van der Waals surface area (Å²) >= 11 is 7.28. The SMILES string of the molecule is Cc1ccc(C(Br)c2ccc3[nH]c(=O)[nH]c3c2)cc1Br. The van der Waals surface area contributed by atoms with E-state index in [1.807, 2.05) is 18.2 Å². The summed E-state index contributed by atoms with van der Waals surface area (Å²) < 4.78 is 1.09. The second-order valence-corrected chi connectivity index (χ2v) is 6.53. The Morgan fingerprint density at radius 2 is 1.65 bits per heavy atom. The van der Waals surface area contributed by atoms with Crippen molar-refractivity contribution in [3.63, 3.8) is 0 Å². The lowest BCUT2D eigenvalue weighted by Gasteiger charge is -2.12. The first-order chi connectivity index (χ1) is 9.54. The van der Waals surface area contributed by atoms with E-state index in [4.69, 9.17) is 0 Å². The zero-order valence-corrected chi connectivity index (χ0v) is 13.9. The number of rotatable bonds is 2. The van der Waals surface area contributed by atoms with Crippen molar-refractivity contribution in [3.05, 3.63) is 68.0 Å². The average Bonchev–Trinajstić information content (AvgIpc) is 2.80. The molecule has 2 N–H and O–H groups in total. The highest BCUT2D eigenvalue weighted by atomic mass is 79.9. The van der Waals surface area contributed by atoms with Crippen LogP contribution in [0.25, 0.3) is 11.0 Å². The number of imidazole rings is 1. The van der Waals surface area contributed by atoms with Gasteiger partial charge in [0.25, 0.3) is 0 Å². The number of aromatic nitrogens is 2. The van der Waals surface area contributed by atoms with E-state index in [-0.39, 0.29) is 10.5 Å². The van der Waals surface area contributed by atoms with Crippen molar-refractivity contribution in [2.24, 2.45) is 0 Å². The van der Waals surface area contributed by atoms with Crippen molar-refractivity contribution >= 4 is 42.9 Å². The Morgan fingerprint density at radius 3 is 2.40 bits per heavy atom. The number of nitrogens with one attached hydrogen (secondary N) is 2. The van der Waals surface area contributed by atoms with E-state index >= 15 is 0 Å². The van der Waals surface area contributed by atoms with Gasteiger partial charge in [-0.1, -0.05) is 50.1 Å². The number of halogens is 2. The molecule has 102 valence electrons. The standard InChI is InChI=1S/C15H12Br2N2O/c1-8-2-3-9(6-11(8)16)14(17)10-4-5-12-13(7-10)19-15(20)18-12/h2-7,14H,1H3,(H2,18,19,20). The fourth-order valence-electron chi connectivity index (χ4n) is 2.17. The Kier molecular flexibility index (Phi) is 3.56. The fourth-order valence-corrected chi connectivity index (χ4v) is 3.13. The summed E-state index contributed by atoms with van der Waals surface area (Å²) in [5.74, 6) is 0. The third-order valence-corrected chi connectivity index (χ3v) is 5.23. The predicted octanol–water partition coefficient (Wildman–Crippen LogP) is 4.41. The van der Waals surface area contributed by atoms with Gasteiger partial charge in [-0.15, -0.1) is 0 Å². The van der Waals surface area contributed by atoms with Gasteiger partial charge in [-0.3, -0.25) is 0 Å². The molecule has 0 saturated carbocycles. The molecule has 0 spiro atoms. The topological polar surface area (TPSA) is 48.6 Å². The Balaban J connectivity index is 2.04. The van der Waals surface area contributed by atoms with Crippen LogP contribution in [-0.4, -0.2) is 9.97 Å². The van der Waals surface area contributed by atoms with Gasteiger partial charge in [-0.25, -0.2) is 4.79 Å². The largest absolute Gasteiger partial charge is 0.323 e. The third-order valence-electron chi connectivity index (χ3n) is 3.32. The molecule has 0 aliphatic carbocycles. The quantitative estimate of drug-likeness (QED) is 0.620. The van der Waals surface area contributed by atoms with Crippen LogP contribution in [0.1, 0.15) is 21.5 Å². The molecule has 2 aromatic carbocycles. The lowest BCUT2D eigenvalue weighted by Crippen LogP contribution is -1.99. The van der Waals surface area contributed by atoms with Crippen LogP contribution in [-0.2, 0) is 0 Å². The molecule has 0 saturated heterocycles. The molecule has 1 aromatic heterocycles. The summed E-state index contributed by atoms with van der Waals surface area (Å²) in [6, 6.07) is 12.2. The number of benzene rings is 2. The second kappa shape index (κ2) is 5.22. The zero-order valence-electron chi connectivity index (χ0n) is 10.7. The molecule has 0 aliphatic heterocycles. The highest BCUT2D eigenvalue weighted by Gasteiger charge is 2.12. The molecule has 0 aliphatic rings. The van der Waals surface area contributed by atoms with Gasteiger partial charge in [0.15, 0.2) is 0 Å². The Labute approximate surface area is 132 Å². The molecule has 3 nitrogen and oxygen atoms in total. The Hall–Kier alpha value is -1.33. The van der Waals surface area contributed by atoms with Gasteiger partial charge >= 0.3 is 5.69 Å². The van der Waals surface area contributed by atoms with Gasteiger partial charge in [-0.2, -0.15) is 0 Å². The van der Waals surface area contributed by atoms with Crippen LogP contribution in [0.15, 0.2) is 45.7 Å². The van der Waals surface area contributed by atoms with Crippen LogP contribution in [0.2, 0.25) is 0 Å². The summed E-state index contributed by atoms with van der Waals surface area (Å²) in [5.41, 5.74) is 4.94. The van der Waals surface area contributed by atoms with Crippen molar-refractivity contribution in [1.82, 2.24) is 9.97 Å². The minimum atomic E-state index is -0.179. The van der Waals surface area contributed by atoms with Crippen LogP contribution in [0.5, 0.6) is 0 Å². The number of aromatic amines is 2. The molecule has 3 rings (SSSR count). The zero-order chi connectivity index (χ0) is 14.3. The maximum atomic E-state index is 11.3. The predicted molar refractivity (Wildman–Crippen MR) is 88.6 cm³/mol. The number of hydrogen-bond donors (Lipinski definition) is 2. The highest BCUT2D eigenvalue weighted by molar-refractivity contribution is 9.10. The Bertz CT molecular complexity index is 835. The minimum Gasteiger partial charge on any atom is -0.306 e. The monoisotopic (exact) mass is 394 g/mol. The van der Waals surface area contributed by atoms with Gasteiger partial charge < -0.3 is 9.97 Å². The van der Waals surface area contributed by atoms with Gasteiger partial charge in [0.2, 0.25) is 0 Å². The molecule has 0 fully saturated rings. The van der Waals surface area contributed by atoms with E-state index in [1.165, 1.54) is 11.1 Å². The van der Waals surface area contributed by atoms with Crippen molar-refractivity contribution in [3.8, 4) is 0 Å². The van der Waals surface area contributed by atoms with Crippen molar-refractivity contribution < 1.29 is 0 Å². The van der Waals surface area contributed by atoms with E-state index in [9.17, 15) is 4.79 Å². The van der Waals surface area contributed by atoms with Crippen LogP contribution in [0.3, 0.4) is 0 Å². The summed E-state index contributed by atoms with van der Waals surface area (Å²) in [6.45, 7) is 2.06. The molecular weight excluding hydrogens is 384 g/mol. The fraction of sp³-hybridized carbons (Fsp3) is 0.133. The molecule has 0 amide bonds. The maximum Gasteiger partial charge on any atom is 0.323 e. The summed E-state index contributed by atoms with van der Waals surface area (Å²) in [4.78, 5) is 16.9. The van der Waals surface area contributed by atoms with Gasteiger partial charge in [-0.05, 0) is 41.8 Å². The van der Waals surface area contributed by atoms with Gasteiger partial charge in [0.05, 0.1) is 15.9 Å². The third kappa shape index (κ3) is 2.47. The summed E-state index contributed by atoms with van der Waals surface area (Å²) in [5, 5.41) is 0. The number of H-pyrrole nitrogens is 2. The molecule has 1 heterocycles. The van der Waals surface area contributed by atoms with E-state index in [1.54, 1.807) is 0 Å².